The molecule has 23 heavy (non-hydrogen) atoms. The molecule has 0 radical (unpaired) electrons. The quantitative estimate of drug-likeness (QED) is 0.941. The largest absolute Gasteiger partial charge is 0.427 e. The Balaban J connectivity index is 1.88. The second-order valence-electron chi connectivity index (χ2n) is 6.25. The van der Waals surface area contributed by atoms with Crippen molar-refractivity contribution < 1.29 is 9.21 Å². The maximum atomic E-state index is 12.4. The third-order valence-electron chi connectivity index (χ3n) is 4.24. The van der Waals surface area contributed by atoms with Crippen molar-refractivity contribution in [2.75, 3.05) is 5.32 Å². The first-order valence-electron chi connectivity index (χ1n) is 7.85. The van der Waals surface area contributed by atoms with E-state index in [0.717, 1.165) is 30.5 Å². The van der Waals surface area contributed by atoms with Gasteiger partial charge in [-0.25, -0.2) is 9.78 Å². The molecule has 3 rings (SSSR count). The van der Waals surface area contributed by atoms with Gasteiger partial charge in [-0.15, -0.1) is 0 Å². The second-order valence-corrected chi connectivity index (χ2v) is 6.25. The number of carbonyl (C=O) groups is 1. The fraction of sp³-hybridized carbons (Fsp3) is 0.389. The van der Waals surface area contributed by atoms with Crippen LogP contribution in [0.4, 0.5) is 5.82 Å². The maximum Gasteiger partial charge on any atom is 0.349 e. The molecule has 0 unspecified atom stereocenters. The van der Waals surface area contributed by atoms with E-state index < -0.39 is 11.5 Å². The van der Waals surface area contributed by atoms with E-state index in [1.807, 2.05) is 26.0 Å². The normalized spacial score (nSPS) is 14.4. The zero-order valence-corrected chi connectivity index (χ0v) is 13.6. The van der Waals surface area contributed by atoms with Crippen LogP contribution in [-0.4, -0.2) is 10.9 Å². The fourth-order valence-electron chi connectivity index (χ4n) is 2.88. The van der Waals surface area contributed by atoms with Gasteiger partial charge in [0.15, 0.2) is 0 Å². The van der Waals surface area contributed by atoms with Gasteiger partial charge in [0, 0.05) is 11.6 Å². The van der Waals surface area contributed by atoms with Crippen molar-refractivity contribution in [3.63, 3.8) is 0 Å². The van der Waals surface area contributed by atoms with Crippen LogP contribution in [0.1, 0.15) is 58.1 Å². The van der Waals surface area contributed by atoms with Crippen LogP contribution in [0.25, 0.3) is 0 Å². The summed E-state index contributed by atoms with van der Waals surface area (Å²) in [6.07, 6.45) is 3.24. The SMILES string of the molecule is Cc1cc(C)nc(NC(=O)c2c(C)cc(C3CCC3)oc2=O)c1. The molecule has 0 aliphatic heterocycles. The molecule has 0 bridgehead atoms. The molecule has 2 aromatic rings. The molecule has 5 nitrogen and oxygen atoms in total. The molecule has 2 heterocycles. The van der Waals surface area contributed by atoms with E-state index in [4.69, 9.17) is 4.42 Å². The number of hydrogen-bond donors (Lipinski definition) is 1. The van der Waals surface area contributed by atoms with Gasteiger partial charge < -0.3 is 9.73 Å². The zero-order chi connectivity index (χ0) is 16.6. The average molecular weight is 312 g/mol. The van der Waals surface area contributed by atoms with Crippen molar-refractivity contribution in [3.8, 4) is 0 Å². The predicted octanol–water partition coefficient (Wildman–Crippen LogP) is 3.48. The van der Waals surface area contributed by atoms with E-state index in [2.05, 4.69) is 10.3 Å². The number of nitrogens with zero attached hydrogens (tertiary/aromatic N) is 1. The first kappa shape index (κ1) is 15.5. The number of carbonyl (C=O) groups excluding carboxylic acids is 1. The highest BCUT2D eigenvalue weighted by Gasteiger charge is 2.25. The van der Waals surface area contributed by atoms with E-state index in [9.17, 15) is 9.59 Å². The van der Waals surface area contributed by atoms with Gasteiger partial charge >= 0.3 is 5.63 Å². The lowest BCUT2D eigenvalue weighted by Gasteiger charge is -2.24. The van der Waals surface area contributed by atoms with Gasteiger partial charge in [-0.1, -0.05) is 6.42 Å². The van der Waals surface area contributed by atoms with E-state index in [0.29, 0.717) is 23.1 Å². The lowest BCUT2D eigenvalue weighted by Crippen LogP contribution is -2.24. The van der Waals surface area contributed by atoms with Gasteiger partial charge in [0.05, 0.1) is 0 Å². The highest BCUT2D eigenvalue weighted by atomic mass is 16.4. The van der Waals surface area contributed by atoms with Crippen molar-refractivity contribution in [2.24, 2.45) is 0 Å². The van der Waals surface area contributed by atoms with Crippen LogP contribution in [0, 0.1) is 20.8 Å². The number of rotatable bonds is 3. The number of anilines is 1. The minimum atomic E-state index is -0.575. The minimum absolute atomic E-state index is 0.0500. The van der Waals surface area contributed by atoms with Crippen LogP contribution in [0.15, 0.2) is 27.4 Å². The Hall–Kier alpha value is -2.43. The van der Waals surface area contributed by atoms with Crippen LogP contribution >= 0.6 is 0 Å². The molecule has 0 aromatic carbocycles. The van der Waals surface area contributed by atoms with Crippen molar-refractivity contribution in [2.45, 2.75) is 46.0 Å². The number of amides is 1. The van der Waals surface area contributed by atoms with Crippen molar-refractivity contribution in [1.82, 2.24) is 4.98 Å². The fourth-order valence-corrected chi connectivity index (χ4v) is 2.88. The van der Waals surface area contributed by atoms with Gasteiger partial charge in [0.2, 0.25) is 0 Å². The zero-order valence-electron chi connectivity index (χ0n) is 13.6. The summed E-state index contributed by atoms with van der Waals surface area (Å²) < 4.78 is 5.36. The maximum absolute atomic E-state index is 12.4. The minimum Gasteiger partial charge on any atom is -0.427 e. The molecular weight excluding hydrogens is 292 g/mol. The lowest BCUT2D eigenvalue weighted by molar-refractivity contribution is 0.102. The highest BCUT2D eigenvalue weighted by Crippen LogP contribution is 2.36. The van der Waals surface area contributed by atoms with Crippen molar-refractivity contribution in [3.05, 3.63) is 56.8 Å². The Morgan fingerprint density at radius 2 is 1.96 bits per heavy atom. The molecule has 120 valence electrons. The molecule has 1 aliphatic carbocycles. The Labute approximate surface area is 134 Å². The van der Waals surface area contributed by atoms with Crippen LogP contribution in [0.2, 0.25) is 0 Å². The van der Waals surface area contributed by atoms with Gasteiger partial charge in [0.1, 0.15) is 17.1 Å². The number of pyridine rings is 1. The Morgan fingerprint density at radius 3 is 2.52 bits per heavy atom. The van der Waals surface area contributed by atoms with E-state index >= 15 is 0 Å². The lowest BCUT2D eigenvalue weighted by atomic mass is 9.83. The van der Waals surface area contributed by atoms with E-state index in [-0.39, 0.29) is 5.56 Å². The summed E-state index contributed by atoms with van der Waals surface area (Å²) in [6, 6.07) is 5.50. The van der Waals surface area contributed by atoms with Gasteiger partial charge in [-0.05, 0) is 62.9 Å². The molecule has 1 fully saturated rings. The smallest absolute Gasteiger partial charge is 0.349 e. The standard InChI is InChI=1S/C18H20N2O3/c1-10-7-12(3)19-15(8-10)20-17(21)16-11(2)9-14(23-18(16)22)13-5-4-6-13/h7-9,13H,4-6H2,1-3H3,(H,19,20,21). The topological polar surface area (TPSA) is 72.2 Å². The van der Waals surface area contributed by atoms with E-state index in [1.165, 1.54) is 0 Å². The third-order valence-corrected chi connectivity index (χ3v) is 4.24. The first-order chi connectivity index (χ1) is 10.9. The molecule has 0 spiro atoms. The highest BCUT2D eigenvalue weighted by molar-refractivity contribution is 6.04. The number of hydrogen-bond acceptors (Lipinski definition) is 4. The molecule has 5 heteroatoms. The monoisotopic (exact) mass is 312 g/mol. The molecule has 2 aromatic heterocycles. The summed E-state index contributed by atoms with van der Waals surface area (Å²) >= 11 is 0. The third kappa shape index (κ3) is 3.18. The molecule has 1 amide bonds. The number of aromatic nitrogens is 1. The van der Waals surface area contributed by atoms with Gasteiger partial charge in [-0.3, -0.25) is 4.79 Å². The van der Waals surface area contributed by atoms with Crippen molar-refractivity contribution in [1.29, 1.82) is 0 Å². The molecule has 0 atom stereocenters. The molecule has 1 aliphatic rings. The average Bonchev–Trinajstić information content (AvgIpc) is 2.33. The predicted molar refractivity (Wildman–Crippen MR) is 88.0 cm³/mol. The molecule has 1 saturated carbocycles. The summed E-state index contributed by atoms with van der Waals surface area (Å²) in [7, 11) is 0. The molecule has 0 saturated heterocycles. The summed E-state index contributed by atoms with van der Waals surface area (Å²) in [5.41, 5.74) is 1.93. The number of aryl methyl sites for hydroxylation is 3. The Morgan fingerprint density at radius 1 is 1.22 bits per heavy atom. The molecular formula is C18H20N2O3. The number of nitrogens with one attached hydrogen (secondary N) is 1. The Bertz CT molecular complexity index is 799. The van der Waals surface area contributed by atoms with Gasteiger partial charge in [0.25, 0.3) is 5.91 Å². The van der Waals surface area contributed by atoms with Crippen LogP contribution in [-0.2, 0) is 0 Å². The van der Waals surface area contributed by atoms with Crippen LogP contribution < -0.4 is 10.9 Å². The molecule has 1 N–H and O–H groups in total. The second kappa shape index (κ2) is 5.99. The van der Waals surface area contributed by atoms with Crippen molar-refractivity contribution >= 4 is 11.7 Å². The Kier molecular flexibility index (Phi) is 4.03. The summed E-state index contributed by atoms with van der Waals surface area (Å²) in [5.74, 6) is 0.975. The van der Waals surface area contributed by atoms with Gasteiger partial charge in [-0.2, -0.15) is 0 Å². The summed E-state index contributed by atoms with van der Waals surface area (Å²) in [6.45, 7) is 5.55. The van der Waals surface area contributed by atoms with E-state index in [1.54, 1.807) is 13.0 Å². The van der Waals surface area contributed by atoms with Crippen LogP contribution in [0.3, 0.4) is 0 Å². The van der Waals surface area contributed by atoms with Crippen LogP contribution in [0.5, 0.6) is 0 Å². The summed E-state index contributed by atoms with van der Waals surface area (Å²) in [5, 5.41) is 2.69. The summed E-state index contributed by atoms with van der Waals surface area (Å²) in [4.78, 5) is 28.9. The first-order valence-corrected chi connectivity index (χ1v) is 7.85.